The van der Waals surface area contributed by atoms with Crippen molar-refractivity contribution < 1.29 is 13.9 Å². The summed E-state index contributed by atoms with van der Waals surface area (Å²) in [6.45, 7) is 1.92. The molecule has 0 bridgehead atoms. The molecule has 0 saturated carbocycles. The molecule has 70 valence electrons. The number of rotatable bonds is 2. The summed E-state index contributed by atoms with van der Waals surface area (Å²) in [4.78, 5) is 14.7. The highest BCUT2D eigenvalue weighted by atomic mass is 79.9. The fraction of sp³-hybridized carbons (Fsp3) is 0.250. The Hall–Kier alpha value is -0.970. The lowest BCUT2D eigenvalue weighted by atomic mass is 10.3. The molecule has 0 aromatic carbocycles. The van der Waals surface area contributed by atoms with E-state index in [9.17, 15) is 9.18 Å². The largest absolute Gasteiger partial charge is 0.461 e. The summed E-state index contributed by atoms with van der Waals surface area (Å²) in [7, 11) is 0. The SMILES string of the molecule is CCOC(=O)c1cc(F)c(Br)cn1. The minimum atomic E-state index is -0.617. The molecule has 0 N–H and O–H groups in total. The third-order valence-electron chi connectivity index (χ3n) is 1.29. The summed E-state index contributed by atoms with van der Waals surface area (Å²) in [5.74, 6) is -1.15. The number of carbonyl (C=O) groups excluding carboxylic acids is 1. The summed E-state index contributed by atoms with van der Waals surface area (Å²) < 4.78 is 17.7. The number of pyridine rings is 1. The van der Waals surface area contributed by atoms with Gasteiger partial charge in [0.15, 0.2) is 5.69 Å². The van der Waals surface area contributed by atoms with E-state index in [0.717, 1.165) is 6.07 Å². The van der Waals surface area contributed by atoms with E-state index in [2.05, 4.69) is 25.7 Å². The van der Waals surface area contributed by atoms with Crippen molar-refractivity contribution in [2.45, 2.75) is 6.92 Å². The summed E-state index contributed by atoms with van der Waals surface area (Å²) in [6.07, 6.45) is 1.22. The average molecular weight is 248 g/mol. The minimum absolute atomic E-state index is 0.0254. The molecule has 0 aliphatic carbocycles. The van der Waals surface area contributed by atoms with Crippen molar-refractivity contribution in [3.63, 3.8) is 0 Å². The fourth-order valence-corrected chi connectivity index (χ4v) is 0.948. The summed E-state index contributed by atoms with van der Waals surface area (Å²) in [6, 6.07) is 1.03. The number of hydrogen-bond donors (Lipinski definition) is 0. The maximum atomic E-state index is 12.9. The van der Waals surface area contributed by atoms with Crippen LogP contribution < -0.4 is 0 Å². The van der Waals surface area contributed by atoms with Gasteiger partial charge in [0.2, 0.25) is 0 Å². The van der Waals surface area contributed by atoms with E-state index < -0.39 is 11.8 Å². The van der Waals surface area contributed by atoms with Crippen LogP contribution in [0.3, 0.4) is 0 Å². The van der Waals surface area contributed by atoms with Crippen LogP contribution >= 0.6 is 15.9 Å². The van der Waals surface area contributed by atoms with Gasteiger partial charge in [-0.15, -0.1) is 0 Å². The van der Waals surface area contributed by atoms with E-state index in [0.29, 0.717) is 0 Å². The van der Waals surface area contributed by atoms with Crippen molar-refractivity contribution >= 4 is 21.9 Å². The van der Waals surface area contributed by atoms with Crippen LogP contribution in [-0.2, 0) is 4.74 Å². The summed E-state index contributed by atoms with van der Waals surface area (Å²) >= 11 is 2.93. The van der Waals surface area contributed by atoms with Crippen molar-refractivity contribution in [1.82, 2.24) is 4.98 Å². The Labute approximate surface area is 83.1 Å². The summed E-state index contributed by atoms with van der Waals surface area (Å²) in [5, 5.41) is 0. The molecule has 5 heteroatoms. The summed E-state index contributed by atoms with van der Waals surface area (Å²) in [5.41, 5.74) is -0.0254. The first kappa shape index (κ1) is 10.1. The third-order valence-corrected chi connectivity index (χ3v) is 1.88. The van der Waals surface area contributed by atoms with Gasteiger partial charge in [-0.25, -0.2) is 14.2 Å². The topological polar surface area (TPSA) is 39.2 Å². The molecule has 0 unspecified atom stereocenters. The monoisotopic (exact) mass is 247 g/mol. The Bertz CT molecular complexity index is 330. The van der Waals surface area contributed by atoms with Crippen LogP contribution in [-0.4, -0.2) is 17.6 Å². The number of hydrogen-bond acceptors (Lipinski definition) is 3. The zero-order valence-electron chi connectivity index (χ0n) is 6.88. The molecular weight excluding hydrogens is 241 g/mol. The third kappa shape index (κ3) is 2.48. The molecule has 3 nitrogen and oxygen atoms in total. The number of aromatic nitrogens is 1. The number of halogens is 2. The van der Waals surface area contributed by atoms with Gasteiger partial charge in [0.05, 0.1) is 11.1 Å². The van der Waals surface area contributed by atoms with Crippen LogP contribution in [0.15, 0.2) is 16.7 Å². The second-order valence-corrected chi connectivity index (χ2v) is 3.06. The second-order valence-electron chi connectivity index (χ2n) is 2.20. The van der Waals surface area contributed by atoms with Crippen LogP contribution in [0.5, 0.6) is 0 Å². The van der Waals surface area contributed by atoms with Crippen LogP contribution in [0.1, 0.15) is 17.4 Å². The Morgan fingerprint density at radius 1 is 1.77 bits per heavy atom. The van der Waals surface area contributed by atoms with E-state index in [-0.39, 0.29) is 16.8 Å². The van der Waals surface area contributed by atoms with E-state index in [1.165, 1.54) is 6.20 Å². The van der Waals surface area contributed by atoms with Gasteiger partial charge in [-0.2, -0.15) is 0 Å². The number of carbonyl (C=O) groups is 1. The molecule has 0 fully saturated rings. The van der Waals surface area contributed by atoms with Gasteiger partial charge in [0.1, 0.15) is 5.82 Å². The zero-order chi connectivity index (χ0) is 9.84. The van der Waals surface area contributed by atoms with Crippen molar-refractivity contribution in [3.05, 3.63) is 28.2 Å². The lowest BCUT2D eigenvalue weighted by molar-refractivity contribution is 0.0519. The zero-order valence-corrected chi connectivity index (χ0v) is 8.47. The minimum Gasteiger partial charge on any atom is -0.461 e. The molecule has 13 heavy (non-hydrogen) atoms. The second kappa shape index (κ2) is 4.32. The molecule has 0 amide bonds. The van der Waals surface area contributed by atoms with Crippen molar-refractivity contribution in [3.8, 4) is 0 Å². The fourth-order valence-electron chi connectivity index (χ4n) is 0.731. The first-order chi connectivity index (χ1) is 6.15. The van der Waals surface area contributed by atoms with Gasteiger partial charge >= 0.3 is 5.97 Å². The highest BCUT2D eigenvalue weighted by Gasteiger charge is 2.10. The lowest BCUT2D eigenvalue weighted by Crippen LogP contribution is -2.07. The van der Waals surface area contributed by atoms with Gasteiger partial charge in [-0.3, -0.25) is 0 Å². The molecule has 1 aromatic rings. The first-order valence-corrected chi connectivity index (χ1v) is 4.42. The van der Waals surface area contributed by atoms with Crippen molar-refractivity contribution in [2.75, 3.05) is 6.61 Å². The molecule has 1 heterocycles. The number of ether oxygens (including phenoxy) is 1. The van der Waals surface area contributed by atoms with E-state index in [4.69, 9.17) is 0 Å². The highest BCUT2D eigenvalue weighted by molar-refractivity contribution is 9.10. The molecular formula is C8H7BrFNO2. The quantitative estimate of drug-likeness (QED) is 0.753. The Morgan fingerprint density at radius 3 is 3.00 bits per heavy atom. The Kier molecular flexibility index (Phi) is 3.36. The predicted molar refractivity (Wildman–Crippen MR) is 47.9 cm³/mol. The molecule has 0 atom stereocenters. The maximum absolute atomic E-state index is 12.9. The molecule has 0 aliphatic rings. The molecule has 1 aromatic heterocycles. The van der Waals surface area contributed by atoms with Crippen LogP contribution in [0.2, 0.25) is 0 Å². The predicted octanol–water partition coefficient (Wildman–Crippen LogP) is 2.16. The van der Waals surface area contributed by atoms with E-state index in [1.807, 2.05) is 0 Å². The average Bonchev–Trinajstić information content (AvgIpc) is 2.10. The van der Waals surface area contributed by atoms with Crippen LogP contribution in [0.4, 0.5) is 4.39 Å². The van der Waals surface area contributed by atoms with Crippen molar-refractivity contribution in [2.24, 2.45) is 0 Å². The molecule has 1 rings (SSSR count). The maximum Gasteiger partial charge on any atom is 0.357 e. The van der Waals surface area contributed by atoms with E-state index >= 15 is 0 Å². The Balaban J connectivity index is 2.90. The van der Waals surface area contributed by atoms with Gasteiger partial charge in [0.25, 0.3) is 0 Å². The van der Waals surface area contributed by atoms with Gasteiger partial charge in [-0.1, -0.05) is 0 Å². The van der Waals surface area contributed by atoms with Gasteiger partial charge < -0.3 is 4.74 Å². The lowest BCUT2D eigenvalue weighted by Gasteiger charge is -2.00. The first-order valence-electron chi connectivity index (χ1n) is 3.63. The van der Waals surface area contributed by atoms with Crippen LogP contribution in [0, 0.1) is 5.82 Å². The molecule has 0 radical (unpaired) electrons. The highest BCUT2D eigenvalue weighted by Crippen LogP contribution is 2.14. The smallest absolute Gasteiger partial charge is 0.357 e. The van der Waals surface area contributed by atoms with E-state index in [1.54, 1.807) is 6.92 Å². The normalized spacial score (nSPS) is 9.77. The van der Waals surface area contributed by atoms with Gasteiger partial charge in [-0.05, 0) is 22.9 Å². The Morgan fingerprint density at radius 2 is 2.46 bits per heavy atom. The van der Waals surface area contributed by atoms with Crippen LogP contribution in [0.25, 0.3) is 0 Å². The number of nitrogens with zero attached hydrogens (tertiary/aromatic N) is 1. The van der Waals surface area contributed by atoms with Gasteiger partial charge in [0, 0.05) is 12.3 Å². The molecule has 0 saturated heterocycles. The molecule has 0 spiro atoms. The molecule has 0 aliphatic heterocycles. The standard InChI is InChI=1S/C8H7BrFNO2/c1-2-13-8(12)7-3-6(10)5(9)4-11-7/h3-4H,2H2,1H3. The van der Waals surface area contributed by atoms with Crippen molar-refractivity contribution in [1.29, 1.82) is 0 Å². The number of esters is 1.